The Hall–Kier alpha value is -3.39. The van der Waals surface area contributed by atoms with Gasteiger partial charge in [-0.2, -0.15) is 4.98 Å². The molecule has 8 nitrogen and oxygen atoms in total. The van der Waals surface area contributed by atoms with Crippen LogP contribution in [0.25, 0.3) is 11.4 Å². The SMILES string of the molecule is NC(=O)c1ccccc1OCC(=O)OCc1nc(-c2ccc(Cl)cc2)no1. The van der Waals surface area contributed by atoms with Gasteiger partial charge in [0, 0.05) is 10.6 Å². The Kier molecular flexibility index (Phi) is 5.68. The van der Waals surface area contributed by atoms with E-state index in [1.165, 1.54) is 12.1 Å². The molecule has 0 saturated carbocycles. The minimum Gasteiger partial charge on any atom is -0.481 e. The summed E-state index contributed by atoms with van der Waals surface area (Å²) in [6, 6.07) is 13.2. The van der Waals surface area contributed by atoms with Gasteiger partial charge in [0.2, 0.25) is 5.82 Å². The van der Waals surface area contributed by atoms with Crippen LogP contribution >= 0.6 is 11.6 Å². The lowest BCUT2D eigenvalue weighted by Crippen LogP contribution is -2.18. The number of aromatic nitrogens is 2. The van der Waals surface area contributed by atoms with Crippen molar-refractivity contribution in [3.05, 3.63) is 65.0 Å². The summed E-state index contributed by atoms with van der Waals surface area (Å²) >= 11 is 5.83. The second-order valence-electron chi connectivity index (χ2n) is 5.33. The lowest BCUT2D eigenvalue weighted by atomic mass is 10.2. The number of nitrogens with zero attached hydrogens (tertiary/aromatic N) is 2. The molecule has 3 aromatic rings. The van der Waals surface area contributed by atoms with Gasteiger partial charge in [-0.05, 0) is 36.4 Å². The molecule has 1 heterocycles. The summed E-state index contributed by atoms with van der Waals surface area (Å²) in [5, 5.41) is 4.41. The Morgan fingerprint density at radius 1 is 1.11 bits per heavy atom. The minimum absolute atomic E-state index is 0.130. The zero-order valence-corrected chi connectivity index (χ0v) is 14.7. The van der Waals surface area contributed by atoms with Gasteiger partial charge in [0.25, 0.3) is 11.8 Å². The van der Waals surface area contributed by atoms with Gasteiger partial charge in [-0.25, -0.2) is 4.79 Å². The van der Waals surface area contributed by atoms with E-state index >= 15 is 0 Å². The molecule has 2 aromatic carbocycles. The number of amides is 1. The van der Waals surface area contributed by atoms with E-state index in [1.807, 2.05) is 0 Å². The summed E-state index contributed by atoms with van der Waals surface area (Å²) in [6.45, 7) is -0.608. The van der Waals surface area contributed by atoms with Gasteiger partial charge in [-0.1, -0.05) is 28.9 Å². The Labute approximate surface area is 158 Å². The van der Waals surface area contributed by atoms with Crippen molar-refractivity contribution in [2.45, 2.75) is 6.61 Å². The van der Waals surface area contributed by atoms with Gasteiger partial charge in [-0.15, -0.1) is 0 Å². The quantitative estimate of drug-likeness (QED) is 0.619. The van der Waals surface area contributed by atoms with E-state index in [4.69, 9.17) is 31.3 Å². The van der Waals surface area contributed by atoms with Crippen molar-refractivity contribution < 1.29 is 23.6 Å². The van der Waals surface area contributed by atoms with Crippen LogP contribution < -0.4 is 10.5 Å². The number of primary amides is 1. The second-order valence-corrected chi connectivity index (χ2v) is 5.76. The first-order valence-corrected chi connectivity index (χ1v) is 8.16. The van der Waals surface area contributed by atoms with Crippen LogP contribution in [0, 0.1) is 0 Å². The summed E-state index contributed by atoms with van der Waals surface area (Å²) in [5.41, 5.74) is 6.13. The number of halogens is 1. The zero-order valence-electron chi connectivity index (χ0n) is 13.9. The van der Waals surface area contributed by atoms with Crippen LogP contribution in [-0.4, -0.2) is 28.6 Å². The number of benzene rings is 2. The van der Waals surface area contributed by atoms with Crippen molar-refractivity contribution in [1.29, 1.82) is 0 Å². The molecule has 27 heavy (non-hydrogen) atoms. The van der Waals surface area contributed by atoms with Crippen molar-refractivity contribution >= 4 is 23.5 Å². The van der Waals surface area contributed by atoms with E-state index in [0.717, 1.165) is 0 Å². The molecular formula is C18H14ClN3O5. The average molecular weight is 388 g/mol. The fourth-order valence-electron chi connectivity index (χ4n) is 2.15. The van der Waals surface area contributed by atoms with Crippen molar-refractivity contribution in [1.82, 2.24) is 10.1 Å². The van der Waals surface area contributed by atoms with Gasteiger partial charge in [0.05, 0.1) is 5.56 Å². The molecule has 3 rings (SSSR count). The van der Waals surface area contributed by atoms with E-state index in [0.29, 0.717) is 16.4 Å². The maximum atomic E-state index is 11.8. The van der Waals surface area contributed by atoms with E-state index in [2.05, 4.69) is 10.1 Å². The molecule has 9 heteroatoms. The Morgan fingerprint density at radius 3 is 2.59 bits per heavy atom. The number of carbonyl (C=O) groups excluding carboxylic acids is 2. The Bertz CT molecular complexity index is 956. The fraction of sp³-hybridized carbons (Fsp3) is 0.111. The third-order valence-corrected chi connectivity index (χ3v) is 3.68. The molecule has 0 unspecified atom stereocenters. The van der Waals surface area contributed by atoms with Crippen molar-refractivity contribution in [2.75, 3.05) is 6.61 Å². The highest BCUT2D eigenvalue weighted by atomic mass is 35.5. The first-order valence-electron chi connectivity index (χ1n) is 7.78. The number of para-hydroxylation sites is 1. The molecule has 0 bridgehead atoms. The number of hydrogen-bond donors (Lipinski definition) is 1. The molecule has 0 fully saturated rings. The molecule has 0 aliphatic carbocycles. The van der Waals surface area contributed by atoms with Gasteiger partial charge in [0.15, 0.2) is 13.2 Å². The molecule has 0 radical (unpaired) electrons. The van der Waals surface area contributed by atoms with Crippen molar-refractivity contribution in [3.63, 3.8) is 0 Å². The van der Waals surface area contributed by atoms with Crippen LogP contribution in [0.2, 0.25) is 5.02 Å². The Morgan fingerprint density at radius 2 is 1.85 bits per heavy atom. The van der Waals surface area contributed by atoms with Gasteiger partial charge in [-0.3, -0.25) is 4.79 Å². The van der Waals surface area contributed by atoms with Crippen LogP contribution in [0.5, 0.6) is 5.75 Å². The molecule has 0 aliphatic heterocycles. The first kappa shape index (κ1) is 18.4. The van der Waals surface area contributed by atoms with Gasteiger partial charge in [0.1, 0.15) is 5.75 Å². The van der Waals surface area contributed by atoms with Crippen LogP contribution in [0.4, 0.5) is 0 Å². The average Bonchev–Trinajstić information content (AvgIpc) is 3.14. The first-order chi connectivity index (χ1) is 13.0. The molecule has 138 valence electrons. The molecule has 0 atom stereocenters. The lowest BCUT2D eigenvalue weighted by molar-refractivity contribution is -0.148. The number of carbonyl (C=O) groups is 2. The molecule has 0 spiro atoms. The highest BCUT2D eigenvalue weighted by Gasteiger charge is 2.13. The van der Waals surface area contributed by atoms with Crippen molar-refractivity contribution in [3.8, 4) is 17.1 Å². The predicted molar refractivity (Wildman–Crippen MR) is 95.0 cm³/mol. The summed E-state index contributed by atoms with van der Waals surface area (Å²) in [4.78, 5) is 27.3. The number of esters is 1. The summed E-state index contributed by atoms with van der Waals surface area (Å²) in [5.74, 6) is -0.639. The molecule has 0 saturated heterocycles. The highest BCUT2D eigenvalue weighted by molar-refractivity contribution is 6.30. The summed E-state index contributed by atoms with van der Waals surface area (Å²) < 4.78 is 15.3. The second kappa shape index (κ2) is 8.33. The normalized spacial score (nSPS) is 10.4. The number of rotatable bonds is 7. The zero-order chi connectivity index (χ0) is 19.2. The smallest absolute Gasteiger partial charge is 0.344 e. The molecular weight excluding hydrogens is 374 g/mol. The standard InChI is InChI=1S/C18H14ClN3O5/c19-12-7-5-11(6-8-12)18-21-15(27-22-18)9-26-16(23)10-25-14-4-2-1-3-13(14)17(20)24/h1-8H,9-10H2,(H2,20,24). The summed E-state index contributed by atoms with van der Waals surface area (Å²) in [7, 11) is 0. The van der Waals surface area contributed by atoms with Crippen molar-refractivity contribution in [2.24, 2.45) is 5.73 Å². The molecule has 0 aliphatic rings. The minimum atomic E-state index is -0.666. The fourth-order valence-corrected chi connectivity index (χ4v) is 2.27. The van der Waals surface area contributed by atoms with E-state index in [1.54, 1.807) is 36.4 Å². The van der Waals surface area contributed by atoms with E-state index < -0.39 is 18.5 Å². The topological polar surface area (TPSA) is 118 Å². The third-order valence-electron chi connectivity index (χ3n) is 3.43. The lowest BCUT2D eigenvalue weighted by Gasteiger charge is -2.08. The monoisotopic (exact) mass is 387 g/mol. The largest absolute Gasteiger partial charge is 0.481 e. The molecule has 1 aromatic heterocycles. The van der Waals surface area contributed by atoms with Crippen LogP contribution in [0.3, 0.4) is 0 Å². The van der Waals surface area contributed by atoms with Crippen LogP contribution in [0.15, 0.2) is 53.1 Å². The van der Waals surface area contributed by atoms with Gasteiger partial charge >= 0.3 is 5.97 Å². The number of hydrogen-bond acceptors (Lipinski definition) is 7. The highest BCUT2D eigenvalue weighted by Crippen LogP contribution is 2.19. The molecule has 2 N–H and O–H groups in total. The van der Waals surface area contributed by atoms with Crippen LogP contribution in [0.1, 0.15) is 16.2 Å². The van der Waals surface area contributed by atoms with E-state index in [9.17, 15) is 9.59 Å². The van der Waals surface area contributed by atoms with Crippen LogP contribution in [-0.2, 0) is 16.1 Å². The third kappa shape index (κ3) is 4.83. The maximum Gasteiger partial charge on any atom is 0.344 e. The van der Waals surface area contributed by atoms with Gasteiger partial charge < -0.3 is 19.7 Å². The maximum absolute atomic E-state index is 11.8. The number of ether oxygens (including phenoxy) is 2. The molecule has 1 amide bonds. The number of nitrogens with two attached hydrogens (primary N) is 1. The summed E-state index contributed by atoms with van der Waals surface area (Å²) in [6.07, 6.45) is 0. The van der Waals surface area contributed by atoms with E-state index in [-0.39, 0.29) is 23.8 Å². The predicted octanol–water partition coefficient (Wildman–Crippen LogP) is 2.61. The Balaban J connectivity index is 1.53.